The largest absolute Gasteiger partial charge is 0.310 e. The van der Waals surface area contributed by atoms with E-state index < -0.39 is 5.82 Å². The number of rotatable bonds is 1. The van der Waals surface area contributed by atoms with Gasteiger partial charge in [-0.25, -0.2) is 4.39 Å². The molecule has 1 saturated heterocycles. The lowest BCUT2D eigenvalue weighted by Crippen LogP contribution is -2.30. The highest BCUT2D eigenvalue weighted by atomic mass is 19.1. The van der Waals surface area contributed by atoms with Crippen molar-refractivity contribution in [3.8, 4) is 6.07 Å². The number of benzene rings is 1. The van der Waals surface area contributed by atoms with Crippen LogP contribution in [0.25, 0.3) is 0 Å². The molecule has 1 aliphatic heterocycles. The number of hydrogen-bond donors (Lipinski definition) is 0. The molecule has 4 heteroatoms. The van der Waals surface area contributed by atoms with Gasteiger partial charge in [-0.2, -0.15) is 5.26 Å². The van der Waals surface area contributed by atoms with E-state index >= 15 is 0 Å². The van der Waals surface area contributed by atoms with Gasteiger partial charge in [-0.1, -0.05) is 0 Å². The van der Waals surface area contributed by atoms with Gasteiger partial charge in [0.25, 0.3) is 0 Å². The Morgan fingerprint density at radius 3 is 2.81 bits per heavy atom. The van der Waals surface area contributed by atoms with E-state index in [4.69, 9.17) is 5.26 Å². The summed E-state index contributed by atoms with van der Waals surface area (Å²) in [7, 11) is 0. The van der Waals surface area contributed by atoms with Gasteiger partial charge < -0.3 is 4.90 Å². The van der Waals surface area contributed by atoms with E-state index in [2.05, 4.69) is 0 Å². The minimum Gasteiger partial charge on any atom is -0.310 e. The summed E-state index contributed by atoms with van der Waals surface area (Å²) in [6.07, 6.45) is 1.29. The van der Waals surface area contributed by atoms with E-state index in [0.29, 0.717) is 12.1 Å². The summed E-state index contributed by atoms with van der Waals surface area (Å²) in [6.45, 7) is 1.93. The predicted octanol–water partition coefficient (Wildman–Crippen LogP) is 2.21. The summed E-state index contributed by atoms with van der Waals surface area (Å²) in [4.78, 5) is 13.2. The smallest absolute Gasteiger partial charge is 0.227 e. The summed E-state index contributed by atoms with van der Waals surface area (Å²) >= 11 is 0. The van der Waals surface area contributed by atoms with Crippen LogP contribution in [0.1, 0.15) is 25.3 Å². The Labute approximate surface area is 93.1 Å². The summed E-state index contributed by atoms with van der Waals surface area (Å²) in [5, 5.41) is 8.61. The Morgan fingerprint density at radius 2 is 2.31 bits per heavy atom. The fourth-order valence-electron chi connectivity index (χ4n) is 1.97. The van der Waals surface area contributed by atoms with E-state index in [-0.39, 0.29) is 17.5 Å². The third-order valence-corrected chi connectivity index (χ3v) is 2.84. The standard InChI is InChI=1S/C12H11FN2O/c1-8-2-5-12(16)15(8)10-4-3-9(7-14)11(13)6-10/h3-4,6,8H,2,5H2,1H3. The van der Waals surface area contributed by atoms with Gasteiger partial charge in [-0.15, -0.1) is 0 Å². The van der Waals surface area contributed by atoms with Gasteiger partial charge in [0, 0.05) is 18.2 Å². The highest BCUT2D eigenvalue weighted by Crippen LogP contribution is 2.27. The van der Waals surface area contributed by atoms with Crippen LogP contribution in [-0.4, -0.2) is 11.9 Å². The second-order valence-electron chi connectivity index (χ2n) is 3.93. The molecule has 0 bridgehead atoms. The van der Waals surface area contributed by atoms with Crippen molar-refractivity contribution in [3.63, 3.8) is 0 Å². The fraction of sp³-hybridized carbons (Fsp3) is 0.333. The second kappa shape index (κ2) is 3.93. The van der Waals surface area contributed by atoms with E-state index in [1.54, 1.807) is 17.0 Å². The molecule has 1 unspecified atom stereocenters. The van der Waals surface area contributed by atoms with Crippen LogP contribution in [0.15, 0.2) is 18.2 Å². The van der Waals surface area contributed by atoms with Gasteiger partial charge in [0.1, 0.15) is 11.9 Å². The average Bonchev–Trinajstić information content (AvgIpc) is 2.58. The van der Waals surface area contributed by atoms with Gasteiger partial charge in [-0.05, 0) is 31.5 Å². The van der Waals surface area contributed by atoms with Crippen molar-refractivity contribution in [2.75, 3.05) is 4.90 Å². The van der Waals surface area contributed by atoms with Gasteiger partial charge in [0.05, 0.1) is 5.56 Å². The third-order valence-electron chi connectivity index (χ3n) is 2.84. The molecular formula is C12H11FN2O. The summed E-state index contributed by atoms with van der Waals surface area (Å²) in [6, 6.07) is 6.12. The minimum atomic E-state index is -0.577. The number of hydrogen-bond acceptors (Lipinski definition) is 2. The highest BCUT2D eigenvalue weighted by Gasteiger charge is 2.29. The van der Waals surface area contributed by atoms with Crippen molar-refractivity contribution in [1.29, 1.82) is 5.26 Å². The van der Waals surface area contributed by atoms with E-state index in [9.17, 15) is 9.18 Å². The fourth-order valence-corrected chi connectivity index (χ4v) is 1.97. The number of nitrogens with zero attached hydrogens (tertiary/aromatic N) is 2. The lowest BCUT2D eigenvalue weighted by atomic mass is 10.2. The number of nitriles is 1. The van der Waals surface area contributed by atoms with Crippen molar-refractivity contribution in [3.05, 3.63) is 29.6 Å². The summed E-state index contributed by atoms with van der Waals surface area (Å²) in [5.41, 5.74) is 0.537. The number of carbonyl (C=O) groups excluding carboxylic acids is 1. The van der Waals surface area contributed by atoms with Crippen LogP contribution in [0.5, 0.6) is 0 Å². The van der Waals surface area contributed by atoms with Crippen LogP contribution >= 0.6 is 0 Å². The number of anilines is 1. The summed E-state index contributed by atoms with van der Waals surface area (Å²) in [5.74, 6) is -0.566. The van der Waals surface area contributed by atoms with Gasteiger partial charge in [0.15, 0.2) is 0 Å². The first-order chi connectivity index (χ1) is 7.63. The molecule has 1 fully saturated rings. The van der Waals surface area contributed by atoms with Crippen LogP contribution < -0.4 is 4.90 Å². The Hall–Kier alpha value is -1.89. The van der Waals surface area contributed by atoms with E-state index in [1.165, 1.54) is 12.1 Å². The number of amides is 1. The molecule has 0 radical (unpaired) electrons. The van der Waals surface area contributed by atoms with Gasteiger partial charge >= 0.3 is 0 Å². The molecule has 0 aromatic heterocycles. The molecule has 2 rings (SSSR count). The molecule has 1 atom stereocenters. The van der Waals surface area contributed by atoms with Crippen LogP contribution in [0.2, 0.25) is 0 Å². The van der Waals surface area contributed by atoms with Crippen molar-refractivity contribution < 1.29 is 9.18 Å². The monoisotopic (exact) mass is 218 g/mol. The first-order valence-corrected chi connectivity index (χ1v) is 5.15. The third kappa shape index (κ3) is 1.65. The van der Waals surface area contributed by atoms with E-state index in [1.807, 2.05) is 6.92 Å². The molecule has 1 aliphatic rings. The lowest BCUT2D eigenvalue weighted by Gasteiger charge is -2.21. The van der Waals surface area contributed by atoms with Crippen molar-refractivity contribution >= 4 is 11.6 Å². The predicted molar refractivity (Wildman–Crippen MR) is 57.3 cm³/mol. The molecule has 0 aliphatic carbocycles. The van der Waals surface area contributed by atoms with Crippen LogP contribution in [0, 0.1) is 17.1 Å². The Kier molecular flexibility index (Phi) is 2.61. The van der Waals surface area contributed by atoms with Crippen LogP contribution in [-0.2, 0) is 4.79 Å². The maximum Gasteiger partial charge on any atom is 0.227 e. The Bertz CT molecular complexity index is 478. The van der Waals surface area contributed by atoms with Gasteiger partial charge in [-0.3, -0.25) is 4.79 Å². The minimum absolute atomic E-state index is 0.00282. The zero-order chi connectivity index (χ0) is 11.7. The summed E-state index contributed by atoms with van der Waals surface area (Å²) < 4.78 is 13.4. The Balaban J connectivity index is 2.38. The molecular weight excluding hydrogens is 207 g/mol. The molecule has 0 saturated carbocycles. The van der Waals surface area contributed by atoms with Crippen molar-refractivity contribution in [2.45, 2.75) is 25.8 Å². The maximum atomic E-state index is 13.4. The number of carbonyl (C=O) groups is 1. The quantitative estimate of drug-likeness (QED) is 0.725. The highest BCUT2D eigenvalue weighted by molar-refractivity contribution is 5.96. The molecule has 16 heavy (non-hydrogen) atoms. The molecule has 82 valence electrons. The van der Waals surface area contributed by atoms with Crippen LogP contribution in [0.4, 0.5) is 10.1 Å². The molecule has 3 nitrogen and oxygen atoms in total. The van der Waals surface area contributed by atoms with Crippen LogP contribution in [0.3, 0.4) is 0 Å². The lowest BCUT2D eigenvalue weighted by molar-refractivity contribution is -0.117. The van der Waals surface area contributed by atoms with Gasteiger partial charge in [0.2, 0.25) is 5.91 Å². The second-order valence-corrected chi connectivity index (χ2v) is 3.93. The zero-order valence-electron chi connectivity index (χ0n) is 8.90. The molecule has 1 aromatic carbocycles. The first kappa shape index (κ1) is 10.6. The van der Waals surface area contributed by atoms with E-state index in [0.717, 1.165) is 6.42 Å². The van der Waals surface area contributed by atoms with Crippen molar-refractivity contribution in [1.82, 2.24) is 0 Å². The molecule has 0 N–H and O–H groups in total. The molecule has 1 amide bonds. The Morgan fingerprint density at radius 1 is 1.56 bits per heavy atom. The number of halogens is 1. The first-order valence-electron chi connectivity index (χ1n) is 5.15. The molecule has 1 aromatic rings. The molecule has 1 heterocycles. The maximum absolute atomic E-state index is 13.4. The SMILES string of the molecule is CC1CCC(=O)N1c1ccc(C#N)c(F)c1. The zero-order valence-corrected chi connectivity index (χ0v) is 8.90. The average molecular weight is 218 g/mol. The van der Waals surface area contributed by atoms with Crippen molar-refractivity contribution in [2.24, 2.45) is 0 Å². The topological polar surface area (TPSA) is 44.1 Å². The molecule has 0 spiro atoms. The normalized spacial score (nSPS) is 19.9.